The number of aromatic nitrogens is 2. The van der Waals surface area contributed by atoms with Gasteiger partial charge in [0, 0.05) is 18.5 Å². The maximum atomic E-state index is 12.8. The van der Waals surface area contributed by atoms with Gasteiger partial charge in [-0.3, -0.25) is 9.48 Å². The van der Waals surface area contributed by atoms with Crippen LogP contribution >= 0.6 is 11.3 Å². The molecular weight excluding hydrogens is 330 g/mol. The van der Waals surface area contributed by atoms with E-state index in [-0.39, 0.29) is 5.91 Å². The average molecular weight is 353 g/mol. The first kappa shape index (κ1) is 16.3. The monoisotopic (exact) mass is 353 g/mol. The highest BCUT2D eigenvalue weighted by atomic mass is 32.1. The summed E-state index contributed by atoms with van der Waals surface area (Å²) in [5, 5.41) is 5.79. The van der Waals surface area contributed by atoms with Crippen molar-refractivity contribution in [1.29, 1.82) is 0 Å². The molecule has 4 nitrogen and oxygen atoms in total. The number of hydrogen-bond acceptors (Lipinski definition) is 3. The first-order valence-corrected chi connectivity index (χ1v) is 9.75. The number of thiophene rings is 1. The summed E-state index contributed by atoms with van der Waals surface area (Å²) >= 11 is 1.58. The molecule has 1 aliphatic heterocycles. The van der Waals surface area contributed by atoms with E-state index in [0.717, 1.165) is 53.3 Å². The molecule has 1 saturated heterocycles. The van der Waals surface area contributed by atoms with Gasteiger partial charge in [0.15, 0.2) is 0 Å². The fourth-order valence-electron chi connectivity index (χ4n) is 3.44. The van der Waals surface area contributed by atoms with Gasteiger partial charge in [0.2, 0.25) is 0 Å². The maximum Gasteiger partial charge on any atom is 0.264 e. The summed E-state index contributed by atoms with van der Waals surface area (Å²) in [6, 6.07) is 10.6. The number of aryl methyl sites for hydroxylation is 2. The van der Waals surface area contributed by atoms with Crippen molar-refractivity contribution in [3.05, 3.63) is 52.0 Å². The molecule has 4 rings (SSSR count). The highest BCUT2D eigenvalue weighted by Gasteiger charge is 2.22. The number of benzene rings is 1. The zero-order chi connectivity index (χ0) is 17.4. The molecule has 2 aromatic heterocycles. The summed E-state index contributed by atoms with van der Waals surface area (Å²) in [4.78, 5) is 16.7. The van der Waals surface area contributed by atoms with E-state index >= 15 is 0 Å². The van der Waals surface area contributed by atoms with Crippen molar-refractivity contribution in [2.45, 2.75) is 39.7 Å². The van der Waals surface area contributed by atoms with Gasteiger partial charge in [-0.1, -0.05) is 29.8 Å². The van der Waals surface area contributed by atoms with E-state index in [9.17, 15) is 4.79 Å². The Kier molecular flexibility index (Phi) is 4.34. The second-order valence-electron chi connectivity index (χ2n) is 6.91. The lowest BCUT2D eigenvalue weighted by atomic mass is 10.1. The molecule has 0 radical (unpaired) electrons. The van der Waals surface area contributed by atoms with Crippen molar-refractivity contribution in [1.82, 2.24) is 14.7 Å². The van der Waals surface area contributed by atoms with Gasteiger partial charge < -0.3 is 4.90 Å². The van der Waals surface area contributed by atoms with Crippen molar-refractivity contribution < 1.29 is 4.79 Å². The third-order valence-corrected chi connectivity index (χ3v) is 6.05. The van der Waals surface area contributed by atoms with E-state index in [1.165, 1.54) is 17.5 Å². The van der Waals surface area contributed by atoms with E-state index in [1.54, 1.807) is 11.3 Å². The van der Waals surface area contributed by atoms with Crippen molar-refractivity contribution >= 4 is 27.5 Å². The Morgan fingerprint density at radius 2 is 1.84 bits per heavy atom. The summed E-state index contributed by atoms with van der Waals surface area (Å²) in [6.45, 7) is 6.64. The van der Waals surface area contributed by atoms with Crippen LogP contribution in [0.3, 0.4) is 0 Å². The highest BCUT2D eigenvalue weighted by molar-refractivity contribution is 7.20. The summed E-state index contributed by atoms with van der Waals surface area (Å²) in [7, 11) is 0. The Bertz CT molecular complexity index is 901. The minimum absolute atomic E-state index is 0.183. The molecule has 0 bridgehead atoms. The van der Waals surface area contributed by atoms with Crippen molar-refractivity contribution in [3.63, 3.8) is 0 Å². The van der Waals surface area contributed by atoms with Gasteiger partial charge in [-0.05, 0) is 44.7 Å². The molecule has 1 aromatic carbocycles. The average Bonchev–Trinajstić information content (AvgIpc) is 3.19. The number of carbonyl (C=O) groups excluding carboxylic acids is 1. The Labute approximate surface area is 152 Å². The second kappa shape index (κ2) is 6.64. The molecular formula is C20H23N3OS. The molecule has 0 N–H and O–H groups in total. The first-order valence-electron chi connectivity index (χ1n) is 8.93. The topological polar surface area (TPSA) is 38.1 Å². The van der Waals surface area contributed by atoms with Gasteiger partial charge in [0.05, 0.1) is 17.1 Å². The predicted molar refractivity (Wildman–Crippen MR) is 102 cm³/mol. The summed E-state index contributed by atoms with van der Waals surface area (Å²) in [5.74, 6) is 0.183. The maximum absolute atomic E-state index is 12.8. The smallest absolute Gasteiger partial charge is 0.264 e. The molecule has 3 aromatic rings. The number of amides is 1. The lowest BCUT2D eigenvalue weighted by Gasteiger charge is -2.26. The molecule has 5 heteroatoms. The van der Waals surface area contributed by atoms with E-state index in [4.69, 9.17) is 0 Å². The Hall–Kier alpha value is -2.14. The summed E-state index contributed by atoms with van der Waals surface area (Å²) in [6.07, 6.45) is 3.48. The third kappa shape index (κ3) is 3.21. The molecule has 1 amide bonds. The van der Waals surface area contributed by atoms with Crippen molar-refractivity contribution in [2.75, 3.05) is 13.1 Å². The normalized spacial score (nSPS) is 15.0. The second-order valence-corrected chi connectivity index (χ2v) is 7.94. The van der Waals surface area contributed by atoms with Crippen LogP contribution in [0.2, 0.25) is 0 Å². The zero-order valence-corrected chi connectivity index (χ0v) is 15.6. The number of rotatable bonds is 3. The van der Waals surface area contributed by atoms with Gasteiger partial charge in [0.25, 0.3) is 5.91 Å². The number of piperidine rings is 1. The summed E-state index contributed by atoms with van der Waals surface area (Å²) in [5.41, 5.74) is 3.49. The van der Waals surface area contributed by atoms with Crippen LogP contribution in [-0.2, 0) is 6.54 Å². The van der Waals surface area contributed by atoms with Gasteiger partial charge >= 0.3 is 0 Å². The van der Waals surface area contributed by atoms with Crippen molar-refractivity contribution in [2.24, 2.45) is 0 Å². The zero-order valence-electron chi connectivity index (χ0n) is 14.8. The largest absolute Gasteiger partial charge is 0.338 e. The fraction of sp³-hybridized carbons (Fsp3) is 0.400. The number of fused-ring (bicyclic) bond motifs is 1. The van der Waals surface area contributed by atoms with Crippen LogP contribution in [-0.4, -0.2) is 33.7 Å². The first-order chi connectivity index (χ1) is 12.1. The third-order valence-electron chi connectivity index (χ3n) is 4.91. The quantitative estimate of drug-likeness (QED) is 0.700. The highest BCUT2D eigenvalue weighted by Crippen LogP contribution is 2.30. The van der Waals surface area contributed by atoms with E-state index in [1.807, 2.05) is 22.6 Å². The molecule has 0 unspecified atom stereocenters. The minimum atomic E-state index is 0.183. The molecule has 0 saturated carbocycles. The van der Waals surface area contributed by atoms with Crippen molar-refractivity contribution in [3.8, 4) is 0 Å². The van der Waals surface area contributed by atoms with Gasteiger partial charge in [-0.15, -0.1) is 11.3 Å². The van der Waals surface area contributed by atoms with Crippen LogP contribution in [0.5, 0.6) is 0 Å². The van der Waals surface area contributed by atoms with Gasteiger partial charge in [-0.25, -0.2) is 0 Å². The van der Waals surface area contributed by atoms with E-state index in [2.05, 4.69) is 36.3 Å². The molecule has 1 aliphatic rings. The van der Waals surface area contributed by atoms with Crippen LogP contribution in [0.15, 0.2) is 30.3 Å². The van der Waals surface area contributed by atoms with Crippen LogP contribution in [0.25, 0.3) is 10.2 Å². The fourth-order valence-corrected chi connectivity index (χ4v) is 4.57. The number of hydrogen-bond donors (Lipinski definition) is 0. The van der Waals surface area contributed by atoms with Gasteiger partial charge in [0.1, 0.15) is 4.83 Å². The lowest BCUT2D eigenvalue weighted by molar-refractivity contribution is 0.0729. The van der Waals surface area contributed by atoms with Crippen LogP contribution in [0.4, 0.5) is 0 Å². The molecule has 25 heavy (non-hydrogen) atoms. The van der Waals surface area contributed by atoms with Crippen LogP contribution in [0.1, 0.15) is 45.8 Å². The standard InChI is InChI=1S/C20H23N3OS/c1-14-6-8-16(9-7-14)13-23-20-17(15(2)21-23)12-18(25-20)19(24)22-10-4-3-5-11-22/h6-9,12H,3-5,10-11,13H2,1-2H3. The Morgan fingerprint density at radius 1 is 1.12 bits per heavy atom. The Morgan fingerprint density at radius 3 is 2.56 bits per heavy atom. The Balaban J connectivity index is 1.64. The van der Waals surface area contributed by atoms with Crippen LogP contribution < -0.4 is 0 Å². The predicted octanol–water partition coefficient (Wildman–Crippen LogP) is 4.39. The number of likely N-dealkylation sites (tertiary alicyclic amines) is 1. The molecule has 1 fully saturated rings. The van der Waals surface area contributed by atoms with Crippen LogP contribution in [0, 0.1) is 13.8 Å². The molecule has 0 spiro atoms. The molecule has 130 valence electrons. The minimum Gasteiger partial charge on any atom is -0.338 e. The van der Waals surface area contributed by atoms with E-state index < -0.39 is 0 Å². The lowest BCUT2D eigenvalue weighted by Crippen LogP contribution is -2.35. The number of nitrogens with zero attached hydrogens (tertiary/aromatic N) is 3. The van der Waals surface area contributed by atoms with E-state index in [0.29, 0.717) is 0 Å². The SMILES string of the molecule is Cc1ccc(Cn2nc(C)c3cc(C(=O)N4CCCCC4)sc32)cc1. The van der Waals surface area contributed by atoms with Gasteiger partial charge in [-0.2, -0.15) is 5.10 Å². The molecule has 3 heterocycles. The summed E-state index contributed by atoms with van der Waals surface area (Å²) < 4.78 is 2.03. The molecule has 0 atom stereocenters. The number of carbonyl (C=O) groups is 1. The molecule has 0 aliphatic carbocycles.